The molecule has 0 aromatic heterocycles. The summed E-state index contributed by atoms with van der Waals surface area (Å²) in [6.45, 7) is 2.82. The van der Waals surface area contributed by atoms with Gasteiger partial charge in [0.15, 0.2) is 0 Å². The van der Waals surface area contributed by atoms with Crippen LogP contribution in [-0.4, -0.2) is 48.8 Å². The van der Waals surface area contributed by atoms with Crippen LogP contribution in [0.25, 0.3) is 0 Å². The van der Waals surface area contributed by atoms with Gasteiger partial charge in [-0.3, -0.25) is 0 Å². The zero-order chi connectivity index (χ0) is 11.9. The van der Waals surface area contributed by atoms with E-state index < -0.39 is 15.3 Å². The second-order valence-electron chi connectivity index (χ2n) is 4.98. The lowest BCUT2D eigenvalue weighted by Gasteiger charge is -2.21. The Kier molecular flexibility index (Phi) is 3.27. The normalized spacial score (nSPS) is 37.6. The Morgan fingerprint density at radius 3 is 2.69 bits per heavy atom. The van der Waals surface area contributed by atoms with Crippen LogP contribution in [0, 0.1) is 11.8 Å². The molecule has 16 heavy (non-hydrogen) atoms. The first-order chi connectivity index (χ1) is 7.46. The summed E-state index contributed by atoms with van der Waals surface area (Å²) in [6, 6.07) is 0. The van der Waals surface area contributed by atoms with Crippen molar-refractivity contribution in [2.75, 3.05) is 19.6 Å². The highest BCUT2D eigenvalue weighted by Crippen LogP contribution is 2.39. The fraction of sp³-hybridized carbons (Fsp3) is 1.00. The first-order valence-electron chi connectivity index (χ1n) is 5.84. The average Bonchev–Trinajstić information content (AvgIpc) is 2.80. The Morgan fingerprint density at radius 1 is 1.44 bits per heavy atom. The number of nitrogens with zero attached hydrogens (tertiary/aromatic N) is 1. The van der Waals surface area contributed by atoms with E-state index in [0.717, 1.165) is 12.8 Å². The van der Waals surface area contributed by atoms with Crippen LogP contribution >= 0.6 is 0 Å². The summed E-state index contributed by atoms with van der Waals surface area (Å²) in [4.78, 5) is 0. The lowest BCUT2D eigenvalue weighted by atomic mass is 10.00. The first kappa shape index (κ1) is 12.3. The van der Waals surface area contributed by atoms with Gasteiger partial charge in [-0.05, 0) is 25.7 Å². The number of sulfonamides is 1. The van der Waals surface area contributed by atoms with Crippen LogP contribution in [0.4, 0.5) is 0 Å². The number of nitrogens with two attached hydrogens (primary N) is 1. The summed E-state index contributed by atoms with van der Waals surface area (Å²) >= 11 is 0. The Bertz CT molecular complexity index is 357. The van der Waals surface area contributed by atoms with Crippen molar-refractivity contribution in [3.63, 3.8) is 0 Å². The summed E-state index contributed by atoms with van der Waals surface area (Å²) in [5.41, 5.74) is 5.41. The van der Waals surface area contributed by atoms with Gasteiger partial charge in [0.05, 0.1) is 11.4 Å². The molecule has 1 heterocycles. The first-order valence-corrected chi connectivity index (χ1v) is 7.34. The van der Waals surface area contributed by atoms with Crippen molar-refractivity contribution >= 4 is 10.0 Å². The smallest absolute Gasteiger partial charge is 0.217 e. The van der Waals surface area contributed by atoms with E-state index in [-0.39, 0.29) is 18.6 Å². The fourth-order valence-corrected chi connectivity index (χ4v) is 4.31. The quantitative estimate of drug-likeness (QED) is 0.696. The molecule has 3 N–H and O–H groups in total. The van der Waals surface area contributed by atoms with Crippen LogP contribution in [0.3, 0.4) is 0 Å². The molecule has 2 aliphatic rings. The molecule has 0 radical (unpaired) electrons. The Balaban J connectivity index is 2.10. The summed E-state index contributed by atoms with van der Waals surface area (Å²) in [5.74, 6) is 0.481. The molecule has 94 valence electrons. The van der Waals surface area contributed by atoms with E-state index in [1.165, 1.54) is 4.31 Å². The Hall–Kier alpha value is -0.170. The highest BCUT2D eigenvalue weighted by molar-refractivity contribution is 7.89. The van der Waals surface area contributed by atoms with Crippen molar-refractivity contribution in [3.8, 4) is 0 Å². The van der Waals surface area contributed by atoms with Crippen molar-refractivity contribution in [3.05, 3.63) is 0 Å². The van der Waals surface area contributed by atoms with Gasteiger partial charge in [0.25, 0.3) is 0 Å². The summed E-state index contributed by atoms with van der Waals surface area (Å²) < 4.78 is 25.6. The standard InChI is InChI=1S/C10H20N2O3S/c1-7(4-11)16(14,15)12-5-8-2-3-10(13)9(8)6-12/h7-10,13H,2-6,11H2,1H3. The van der Waals surface area contributed by atoms with E-state index in [9.17, 15) is 13.5 Å². The maximum Gasteiger partial charge on any atom is 0.217 e. The maximum absolute atomic E-state index is 12.1. The molecule has 6 heteroatoms. The maximum atomic E-state index is 12.1. The summed E-state index contributed by atoms with van der Waals surface area (Å²) in [7, 11) is -3.26. The molecule has 0 spiro atoms. The van der Waals surface area contributed by atoms with Crippen molar-refractivity contribution in [2.24, 2.45) is 17.6 Å². The predicted octanol–water partition coefficient (Wildman–Crippen LogP) is -0.634. The van der Waals surface area contributed by atoms with Gasteiger partial charge in [0.2, 0.25) is 10.0 Å². The fourth-order valence-electron chi connectivity index (χ4n) is 2.78. The van der Waals surface area contributed by atoms with Crippen LogP contribution in [0.5, 0.6) is 0 Å². The number of fused-ring (bicyclic) bond motifs is 1. The molecule has 1 saturated heterocycles. The molecule has 4 unspecified atom stereocenters. The number of aliphatic hydroxyl groups excluding tert-OH is 1. The Labute approximate surface area is 96.7 Å². The minimum absolute atomic E-state index is 0.139. The van der Waals surface area contributed by atoms with Gasteiger partial charge in [-0.15, -0.1) is 0 Å². The third-order valence-electron chi connectivity index (χ3n) is 3.99. The van der Waals surface area contributed by atoms with E-state index in [0.29, 0.717) is 19.0 Å². The molecular formula is C10H20N2O3S. The minimum Gasteiger partial charge on any atom is -0.393 e. The molecule has 5 nitrogen and oxygen atoms in total. The number of hydrogen-bond donors (Lipinski definition) is 2. The van der Waals surface area contributed by atoms with E-state index in [1.807, 2.05) is 0 Å². The largest absolute Gasteiger partial charge is 0.393 e. The highest BCUT2D eigenvalue weighted by atomic mass is 32.2. The third kappa shape index (κ3) is 1.88. The molecule has 2 fully saturated rings. The molecule has 0 amide bonds. The SMILES string of the molecule is CC(CN)S(=O)(=O)N1CC2CCC(O)C2C1. The van der Waals surface area contributed by atoms with E-state index in [1.54, 1.807) is 6.92 Å². The van der Waals surface area contributed by atoms with Crippen LogP contribution < -0.4 is 5.73 Å². The molecule has 1 aliphatic heterocycles. The third-order valence-corrected chi connectivity index (χ3v) is 6.21. The van der Waals surface area contributed by atoms with Gasteiger partial charge >= 0.3 is 0 Å². The van der Waals surface area contributed by atoms with Crippen molar-refractivity contribution < 1.29 is 13.5 Å². The second kappa shape index (κ2) is 4.25. The molecule has 0 aromatic carbocycles. The van der Waals surface area contributed by atoms with Crippen LogP contribution in [0.1, 0.15) is 19.8 Å². The number of hydrogen-bond acceptors (Lipinski definition) is 4. The second-order valence-corrected chi connectivity index (χ2v) is 7.33. The van der Waals surface area contributed by atoms with Crippen LogP contribution in [0.15, 0.2) is 0 Å². The molecule has 0 aromatic rings. The Morgan fingerprint density at radius 2 is 2.12 bits per heavy atom. The summed E-state index contributed by atoms with van der Waals surface area (Å²) in [5, 5.41) is 9.21. The van der Waals surface area contributed by atoms with Crippen molar-refractivity contribution in [2.45, 2.75) is 31.1 Å². The van der Waals surface area contributed by atoms with Gasteiger partial charge < -0.3 is 10.8 Å². The minimum atomic E-state index is -3.26. The lowest BCUT2D eigenvalue weighted by Crippen LogP contribution is -2.40. The van der Waals surface area contributed by atoms with Gasteiger partial charge in [0.1, 0.15) is 0 Å². The van der Waals surface area contributed by atoms with Gasteiger partial charge in [-0.25, -0.2) is 12.7 Å². The van der Waals surface area contributed by atoms with E-state index in [2.05, 4.69) is 0 Å². The predicted molar refractivity (Wildman–Crippen MR) is 61.2 cm³/mol. The topological polar surface area (TPSA) is 83.6 Å². The van der Waals surface area contributed by atoms with Gasteiger partial charge in [0, 0.05) is 25.6 Å². The number of aliphatic hydroxyl groups is 1. The lowest BCUT2D eigenvalue weighted by molar-refractivity contribution is 0.129. The molecule has 4 atom stereocenters. The van der Waals surface area contributed by atoms with Crippen molar-refractivity contribution in [1.29, 1.82) is 0 Å². The molecular weight excluding hydrogens is 228 g/mol. The van der Waals surface area contributed by atoms with Crippen LogP contribution in [0.2, 0.25) is 0 Å². The average molecular weight is 248 g/mol. The highest BCUT2D eigenvalue weighted by Gasteiger charge is 2.46. The van der Waals surface area contributed by atoms with E-state index >= 15 is 0 Å². The zero-order valence-electron chi connectivity index (χ0n) is 9.54. The molecule has 2 rings (SSSR count). The summed E-state index contributed by atoms with van der Waals surface area (Å²) in [6.07, 6.45) is 1.43. The van der Waals surface area contributed by atoms with E-state index in [4.69, 9.17) is 5.73 Å². The van der Waals surface area contributed by atoms with Gasteiger partial charge in [-0.1, -0.05) is 0 Å². The molecule has 1 aliphatic carbocycles. The monoisotopic (exact) mass is 248 g/mol. The number of rotatable bonds is 3. The van der Waals surface area contributed by atoms with Gasteiger partial charge in [-0.2, -0.15) is 0 Å². The zero-order valence-corrected chi connectivity index (χ0v) is 10.4. The molecule has 1 saturated carbocycles. The van der Waals surface area contributed by atoms with Crippen molar-refractivity contribution in [1.82, 2.24) is 4.31 Å². The van der Waals surface area contributed by atoms with Crippen LogP contribution in [-0.2, 0) is 10.0 Å². The molecule has 0 bridgehead atoms.